The van der Waals surface area contributed by atoms with E-state index < -0.39 is 41.3 Å². The van der Waals surface area contributed by atoms with E-state index in [1.54, 1.807) is 24.3 Å². The van der Waals surface area contributed by atoms with Crippen molar-refractivity contribution in [2.24, 2.45) is 0 Å². The van der Waals surface area contributed by atoms with Crippen LogP contribution < -0.4 is 15.4 Å². The molecule has 0 radical (unpaired) electrons. The molecule has 0 aliphatic rings. The Morgan fingerprint density at radius 3 is 2.50 bits per heavy atom. The van der Waals surface area contributed by atoms with E-state index in [4.69, 9.17) is 9.47 Å². The Kier molecular flexibility index (Phi) is 9.06. The van der Waals surface area contributed by atoms with Crippen molar-refractivity contribution in [2.75, 3.05) is 32.6 Å². The summed E-state index contributed by atoms with van der Waals surface area (Å²) in [6.45, 7) is 0.415. The van der Waals surface area contributed by atoms with Crippen molar-refractivity contribution in [3.63, 3.8) is 0 Å². The predicted octanol–water partition coefficient (Wildman–Crippen LogP) is 1.36. The molecule has 0 fully saturated rings. The molecule has 0 saturated heterocycles. The van der Waals surface area contributed by atoms with Gasteiger partial charge in [0.2, 0.25) is 5.91 Å². The van der Waals surface area contributed by atoms with E-state index in [1.807, 2.05) is 0 Å². The van der Waals surface area contributed by atoms with Crippen LogP contribution in [0.5, 0.6) is 5.75 Å². The maximum absolute atomic E-state index is 12.2. The first-order valence-electron chi connectivity index (χ1n) is 10.0. The number of rotatable bonds is 10. The second-order valence-corrected chi connectivity index (χ2v) is 7.14. The monoisotopic (exact) mass is 472 g/mol. The summed E-state index contributed by atoms with van der Waals surface area (Å²) in [6, 6.07) is 10.6. The Morgan fingerprint density at radius 2 is 1.82 bits per heavy atom. The number of hydrogen-bond acceptors (Lipinski definition) is 8. The highest BCUT2D eigenvalue weighted by atomic mass is 16.6. The van der Waals surface area contributed by atoms with Gasteiger partial charge in [-0.2, -0.15) is 0 Å². The number of hydrogen-bond donors (Lipinski definition) is 2. The Labute approximate surface area is 195 Å². The highest BCUT2D eigenvalue weighted by Gasteiger charge is 2.21. The van der Waals surface area contributed by atoms with Crippen LogP contribution in [0.4, 0.5) is 11.4 Å². The van der Waals surface area contributed by atoms with E-state index in [0.717, 1.165) is 11.0 Å². The lowest BCUT2D eigenvalue weighted by Gasteiger charge is -2.18. The zero-order valence-corrected chi connectivity index (χ0v) is 18.8. The van der Waals surface area contributed by atoms with Crippen LogP contribution >= 0.6 is 0 Å². The number of methoxy groups -OCH3 is 1. The predicted molar refractivity (Wildman–Crippen MR) is 120 cm³/mol. The number of esters is 1. The van der Waals surface area contributed by atoms with Crippen molar-refractivity contribution in [3.8, 4) is 5.75 Å². The molecular formula is C22H24N4O8. The highest BCUT2D eigenvalue weighted by Crippen LogP contribution is 2.16. The van der Waals surface area contributed by atoms with Gasteiger partial charge in [-0.15, -0.1) is 0 Å². The van der Waals surface area contributed by atoms with Crippen LogP contribution in [-0.2, 0) is 19.1 Å². The molecule has 0 aromatic heterocycles. The Hall–Kier alpha value is -4.48. The number of non-ortho nitro benzene ring substituents is 1. The van der Waals surface area contributed by atoms with E-state index in [-0.39, 0.29) is 17.8 Å². The number of benzene rings is 2. The van der Waals surface area contributed by atoms with Gasteiger partial charge in [-0.05, 0) is 25.1 Å². The minimum atomic E-state index is -1.12. The first-order valence-corrected chi connectivity index (χ1v) is 10.0. The van der Waals surface area contributed by atoms with Crippen molar-refractivity contribution < 1.29 is 33.6 Å². The number of carbonyl (C=O) groups excluding carboxylic acids is 4. The van der Waals surface area contributed by atoms with Crippen LogP contribution in [0.25, 0.3) is 0 Å². The summed E-state index contributed by atoms with van der Waals surface area (Å²) in [5, 5.41) is 15.8. The van der Waals surface area contributed by atoms with Crippen molar-refractivity contribution in [2.45, 2.75) is 13.0 Å². The molecule has 3 amide bonds. The number of likely N-dealkylation sites (N-methyl/N-ethyl adjacent to an activating group) is 1. The third-order valence-electron chi connectivity index (χ3n) is 4.52. The smallest absolute Gasteiger partial charge is 0.328 e. The summed E-state index contributed by atoms with van der Waals surface area (Å²) in [5.41, 5.74) is 0.212. The molecule has 2 aromatic carbocycles. The number of nitrogens with zero attached hydrogens (tertiary/aromatic N) is 2. The average molecular weight is 472 g/mol. The molecule has 180 valence electrons. The zero-order chi connectivity index (χ0) is 25.3. The summed E-state index contributed by atoms with van der Waals surface area (Å²) >= 11 is 0. The second-order valence-electron chi connectivity index (χ2n) is 7.14. The van der Waals surface area contributed by atoms with Crippen molar-refractivity contribution >= 4 is 35.1 Å². The molecule has 2 rings (SSSR count). The molecule has 0 saturated carbocycles. The molecular weight excluding hydrogens is 448 g/mol. The summed E-state index contributed by atoms with van der Waals surface area (Å²) in [7, 11) is 2.86. The lowest BCUT2D eigenvalue weighted by Crippen LogP contribution is -2.42. The van der Waals surface area contributed by atoms with Crippen molar-refractivity contribution in [3.05, 3.63) is 64.2 Å². The van der Waals surface area contributed by atoms with Gasteiger partial charge < -0.3 is 25.0 Å². The molecule has 0 aliphatic carbocycles. The topological polar surface area (TPSA) is 157 Å². The Morgan fingerprint density at radius 1 is 1.12 bits per heavy atom. The Balaban J connectivity index is 1.80. The standard InChI is InChI=1S/C22H24N4O8/c1-14(23-21(29)15-6-4-8-17(10-15)26(31)32)22(30)34-13-20(28)25(2)12-19(27)24-16-7-5-9-18(11-16)33-3/h4-11,14H,12-13H2,1-3H3,(H,23,29)(H,24,27)/t14-/m0/s1. The third-order valence-corrected chi connectivity index (χ3v) is 4.52. The van der Waals surface area contributed by atoms with Crippen LogP contribution in [0.2, 0.25) is 0 Å². The first kappa shape index (κ1) is 25.8. The number of nitrogens with one attached hydrogen (secondary N) is 2. The molecule has 0 unspecified atom stereocenters. The van der Waals surface area contributed by atoms with Gasteiger partial charge >= 0.3 is 5.97 Å². The number of amides is 3. The van der Waals surface area contributed by atoms with Crippen LogP contribution in [0, 0.1) is 10.1 Å². The van der Waals surface area contributed by atoms with Gasteiger partial charge in [-0.25, -0.2) is 4.79 Å². The molecule has 12 heteroatoms. The van der Waals surface area contributed by atoms with Gasteiger partial charge in [0, 0.05) is 36.5 Å². The van der Waals surface area contributed by atoms with Gasteiger partial charge in [0.25, 0.3) is 17.5 Å². The zero-order valence-electron chi connectivity index (χ0n) is 18.8. The van der Waals surface area contributed by atoms with Crippen LogP contribution in [0.1, 0.15) is 17.3 Å². The molecule has 12 nitrogen and oxygen atoms in total. The molecule has 0 bridgehead atoms. The number of ether oxygens (including phenoxy) is 2. The molecule has 34 heavy (non-hydrogen) atoms. The summed E-state index contributed by atoms with van der Waals surface area (Å²) < 4.78 is 9.99. The minimum absolute atomic E-state index is 0.00768. The number of carbonyl (C=O) groups is 4. The fraction of sp³-hybridized carbons (Fsp3) is 0.273. The van der Waals surface area contributed by atoms with Crippen LogP contribution in [-0.4, -0.2) is 66.9 Å². The Bertz CT molecular complexity index is 1090. The van der Waals surface area contributed by atoms with Gasteiger partial charge in [-0.1, -0.05) is 12.1 Å². The number of nitro groups is 1. The fourth-order valence-corrected chi connectivity index (χ4v) is 2.67. The van der Waals surface area contributed by atoms with E-state index in [1.165, 1.54) is 39.3 Å². The molecule has 0 heterocycles. The fourth-order valence-electron chi connectivity index (χ4n) is 2.67. The lowest BCUT2D eigenvalue weighted by molar-refractivity contribution is -0.384. The number of anilines is 1. The van der Waals surface area contributed by atoms with Crippen LogP contribution in [0.3, 0.4) is 0 Å². The second kappa shape index (κ2) is 11.9. The largest absolute Gasteiger partial charge is 0.497 e. The molecule has 2 aromatic rings. The van der Waals surface area contributed by atoms with Gasteiger partial charge in [0.05, 0.1) is 18.6 Å². The SMILES string of the molecule is COc1cccc(NC(=O)CN(C)C(=O)COC(=O)[C@H](C)NC(=O)c2cccc([N+](=O)[O-])c2)c1. The molecule has 0 aliphatic heterocycles. The molecule has 1 atom stereocenters. The van der Waals surface area contributed by atoms with E-state index in [9.17, 15) is 29.3 Å². The van der Waals surface area contributed by atoms with Gasteiger partial charge in [0.1, 0.15) is 11.8 Å². The normalized spacial score (nSPS) is 11.0. The molecule has 2 N–H and O–H groups in total. The van der Waals surface area contributed by atoms with Gasteiger partial charge in [-0.3, -0.25) is 24.5 Å². The summed E-state index contributed by atoms with van der Waals surface area (Å²) in [4.78, 5) is 60.0. The average Bonchev–Trinajstić information content (AvgIpc) is 2.82. The maximum atomic E-state index is 12.2. The van der Waals surface area contributed by atoms with E-state index in [0.29, 0.717) is 11.4 Å². The molecule has 0 spiro atoms. The summed E-state index contributed by atoms with van der Waals surface area (Å²) in [5.74, 6) is -2.15. The van der Waals surface area contributed by atoms with Crippen molar-refractivity contribution in [1.29, 1.82) is 0 Å². The first-order chi connectivity index (χ1) is 16.1. The number of nitro benzene ring substituents is 1. The van der Waals surface area contributed by atoms with Crippen molar-refractivity contribution in [1.82, 2.24) is 10.2 Å². The lowest BCUT2D eigenvalue weighted by atomic mass is 10.2. The quantitative estimate of drug-likeness (QED) is 0.298. The third kappa shape index (κ3) is 7.58. The van der Waals surface area contributed by atoms with Crippen LogP contribution in [0.15, 0.2) is 48.5 Å². The maximum Gasteiger partial charge on any atom is 0.328 e. The van der Waals surface area contributed by atoms with E-state index in [2.05, 4.69) is 10.6 Å². The van der Waals surface area contributed by atoms with E-state index >= 15 is 0 Å². The van der Waals surface area contributed by atoms with Gasteiger partial charge in [0.15, 0.2) is 6.61 Å². The highest BCUT2D eigenvalue weighted by molar-refractivity contribution is 5.97. The minimum Gasteiger partial charge on any atom is -0.497 e. The summed E-state index contributed by atoms with van der Waals surface area (Å²) in [6.07, 6.45) is 0.